The molecule has 0 bridgehead atoms. The van der Waals surface area contributed by atoms with Gasteiger partial charge in [-0.3, -0.25) is 4.79 Å². The molecule has 0 unspecified atom stereocenters. The fraction of sp³-hybridized carbons (Fsp3) is 0.364. The highest BCUT2D eigenvalue weighted by molar-refractivity contribution is 5.78. The Balaban J connectivity index is 2.46. The van der Waals surface area contributed by atoms with E-state index in [4.69, 9.17) is 0 Å². The molecule has 1 aliphatic rings. The quantitative estimate of drug-likeness (QED) is 0.679. The molecule has 74 valence electrons. The predicted octanol–water partition coefficient (Wildman–Crippen LogP) is 2.80. The Bertz CT molecular complexity index is 356. The lowest BCUT2D eigenvalue weighted by Crippen LogP contribution is -2.19. The summed E-state index contributed by atoms with van der Waals surface area (Å²) >= 11 is 0. The zero-order valence-electron chi connectivity index (χ0n) is 7.54. The first kappa shape index (κ1) is 9.31. The third-order valence-corrected chi connectivity index (χ3v) is 2.83. The number of hydrogen-bond acceptors (Lipinski definition) is 1. The molecule has 0 N–H and O–H groups in total. The van der Waals surface area contributed by atoms with E-state index in [0.29, 0.717) is 30.3 Å². The van der Waals surface area contributed by atoms with Gasteiger partial charge in [-0.05, 0) is 18.4 Å². The summed E-state index contributed by atoms with van der Waals surface area (Å²) in [5, 5.41) is 0. The molecular formula is C11H10F2O. The van der Waals surface area contributed by atoms with Crippen LogP contribution in [0.1, 0.15) is 28.8 Å². The van der Waals surface area contributed by atoms with Gasteiger partial charge in [0, 0.05) is 5.56 Å². The van der Waals surface area contributed by atoms with Crippen molar-refractivity contribution in [1.82, 2.24) is 0 Å². The van der Waals surface area contributed by atoms with Crippen molar-refractivity contribution < 1.29 is 13.6 Å². The summed E-state index contributed by atoms with van der Waals surface area (Å²) in [6.07, 6.45) is -0.758. The van der Waals surface area contributed by atoms with E-state index in [9.17, 15) is 13.6 Å². The van der Waals surface area contributed by atoms with Crippen LogP contribution >= 0.6 is 0 Å². The summed E-state index contributed by atoms with van der Waals surface area (Å²) in [4.78, 5) is 10.7. The van der Waals surface area contributed by atoms with Crippen molar-refractivity contribution in [3.63, 3.8) is 0 Å². The van der Waals surface area contributed by atoms with Crippen LogP contribution in [0.2, 0.25) is 0 Å². The first-order valence-corrected chi connectivity index (χ1v) is 4.53. The second-order valence-electron chi connectivity index (χ2n) is 3.66. The van der Waals surface area contributed by atoms with Crippen LogP contribution in [0.15, 0.2) is 24.3 Å². The highest BCUT2D eigenvalue weighted by Gasteiger charge is 2.53. The van der Waals surface area contributed by atoms with Crippen LogP contribution < -0.4 is 0 Å². The number of aldehydes is 1. The molecule has 0 atom stereocenters. The molecule has 1 fully saturated rings. The van der Waals surface area contributed by atoms with Gasteiger partial charge in [0.1, 0.15) is 6.29 Å². The largest absolute Gasteiger partial charge is 0.298 e. The summed E-state index contributed by atoms with van der Waals surface area (Å²) in [5.41, 5.74) is -0.132. The van der Waals surface area contributed by atoms with Crippen LogP contribution in [0.3, 0.4) is 0 Å². The first-order valence-electron chi connectivity index (χ1n) is 4.53. The van der Waals surface area contributed by atoms with Crippen LogP contribution in [0, 0.1) is 0 Å². The van der Waals surface area contributed by atoms with Crippen molar-refractivity contribution in [3.05, 3.63) is 35.4 Å². The number of alkyl halides is 2. The topological polar surface area (TPSA) is 17.1 Å². The van der Waals surface area contributed by atoms with E-state index in [1.807, 2.05) is 0 Å². The maximum Gasteiger partial charge on any atom is 0.248 e. The first-order chi connectivity index (χ1) is 6.70. The highest BCUT2D eigenvalue weighted by Crippen LogP contribution is 2.53. The predicted molar refractivity (Wildman–Crippen MR) is 48.7 cm³/mol. The molecule has 1 nitrogen and oxygen atoms in total. The average molecular weight is 196 g/mol. The molecule has 0 aromatic heterocycles. The minimum Gasteiger partial charge on any atom is -0.298 e. The van der Waals surface area contributed by atoms with Gasteiger partial charge in [0.05, 0.1) is 5.41 Å². The van der Waals surface area contributed by atoms with Gasteiger partial charge < -0.3 is 0 Å². The van der Waals surface area contributed by atoms with Gasteiger partial charge in [0.25, 0.3) is 0 Å². The van der Waals surface area contributed by atoms with E-state index in [1.54, 1.807) is 24.3 Å². The number of carbonyl (C=O) groups is 1. The Morgan fingerprint density at radius 2 is 1.93 bits per heavy atom. The molecule has 0 aliphatic heterocycles. The standard InChI is InChI=1S/C11H10F2O/c12-10(13)11(5-6-11)9-4-2-1-3-8(9)7-14/h1-4,7,10H,5-6H2. The molecule has 0 spiro atoms. The van der Waals surface area contributed by atoms with E-state index < -0.39 is 11.8 Å². The SMILES string of the molecule is O=Cc1ccccc1C1(C(F)F)CC1. The second-order valence-corrected chi connectivity index (χ2v) is 3.66. The minimum atomic E-state index is -2.37. The normalized spacial score (nSPS) is 18.2. The molecule has 14 heavy (non-hydrogen) atoms. The van der Waals surface area contributed by atoms with E-state index in [-0.39, 0.29) is 0 Å². The lowest BCUT2D eigenvalue weighted by atomic mass is 9.92. The molecule has 1 aromatic carbocycles. The van der Waals surface area contributed by atoms with Crippen LogP contribution in [0.5, 0.6) is 0 Å². The van der Waals surface area contributed by atoms with Crippen molar-refractivity contribution in [3.8, 4) is 0 Å². The molecule has 0 saturated heterocycles. The zero-order chi connectivity index (χ0) is 10.2. The van der Waals surface area contributed by atoms with Crippen molar-refractivity contribution in [1.29, 1.82) is 0 Å². The van der Waals surface area contributed by atoms with Crippen molar-refractivity contribution >= 4 is 6.29 Å². The van der Waals surface area contributed by atoms with Crippen LogP contribution in [-0.4, -0.2) is 12.7 Å². The molecule has 0 radical (unpaired) electrons. The number of halogens is 2. The summed E-state index contributed by atoms with van der Waals surface area (Å²) in [6.45, 7) is 0. The van der Waals surface area contributed by atoms with E-state index in [0.717, 1.165) is 0 Å². The smallest absolute Gasteiger partial charge is 0.248 e. The van der Waals surface area contributed by atoms with Crippen molar-refractivity contribution in [2.24, 2.45) is 0 Å². The monoisotopic (exact) mass is 196 g/mol. The van der Waals surface area contributed by atoms with Crippen LogP contribution in [0.4, 0.5) is 8.78 Å². The van der Waals surface area contributed by atoms with Gasteiger partial charge in [-0.25, -0.2) is 8.78 Å². The number of rotatable bonds is 3. The number of carbonyl (C=O) groups excluding carboxylic acids is 1. The third kappa shape index (κ3) is 1.24. The highest BCUT2D eigenvalue weighted by atomic mass is 19.3. The minimum absolute atomic E-state index is 0.394. The van der Waals surface area contributed by atoms with Gasteiger partial charge in [0.2, 0.25) is 6.43 Å². The van der Waals surface area contributed by atoms with E-state index >= 15 is 0 Å². The fourth-order valence-electron chi connectivity index (χ4n) is 1.79. The Labute approximate surface area is 80.7 Å². The molecule has 1 aromatic rings. The summed E-state index contributed by atoms with van der Waals surface area (Å²) in [5.74, 6) is 0. The molecule has 3 heteroatoms. The second kappa shape index (κ2) is 3.15. The van der Waals surface area contributed by atoms with Gasteiger partial charge in [-0.15, -0.1) is 0 Å². The maximum atomic E-state index is 12.8. The van der Waals surface area contributed by atoms with Crippen LogP contribution in [-0.2, 0) is 5.41 Å². The average Bonchev–Trinajstić information content (AvgIpc) is 2.98. The van der Waals surface area contributed by atoms with Gasteiger partial charge in [-0.1, -0.05) is 24.3 Å². The van der Waals surface area contributed by atoms with Crippen molar-refractivity contribution in [2.75, 3.05) is 0 Å². The van der Waals surface area contributed by atoms with Crippen molar-refractivity contribution in [2.45, 2.75) is 24.7 Å². The molecule has 2 rings (SSSR count). The molecule has 1 aliphatic carbocycles. The Kier molecular flexibility index (Phi) is 2.10. The van der Waals surface area contributed by atoms with E-state index in [1.165, 1.54) is 0 Å². The lowest BCUT2D eigenvalue weighted by Gasteiger charge is -2.15. The number of hydrogen-bond donors (Lipinski definition) is 0. The van der Waals surface area contributed by atoms with E-state index in [2.05, 4.69) is 0 Å². The summed E-state index contributed by atoms with van der Waals surface area (Å²) in [6, 6.07) is 6.60. The van der Waals surface area contributed by atoms with Gasteiger partial charge in [0.15, 0.2) is 0 Å². The van der Waals surface area contributed by atoms with Gasteiger partial charge >= 0.3 is 0 Å². The van der Waals surface area contributed by atoms with Crippen LogP contribution in [0.25, 0.3) is 0 Å². The zero-order valence-corrected chi connectivity index (χ0v) is 7.54. The summed E-state index contributed by atoms with van der Waals surface area (Å²) < 4.78 is 25.5. The summed E-state index contributed by atoms with van der Waals surface area (Å²) in [7, 11) is 0. The lowest BCUT2D eigenvalue weighted by molar-refractivity contribution is 0.100. The molecular weight excluding hydrogens is 186 g/mol. The Hall–Kier alpha value is -1.25. The Morgan fingerprint density at radius 1 is 1.29 bits per heavy atom. The maximum absolute atomic E-state index is 12.8. The fourth-order valence-corrected chi connectivity index (χ4v) is 1.79. The number of benzene rings is 1. The Morgan fingerprint density at radius 3 is 2.43 bits per heavy atom. The molecule has 1 saturated carbocycles. The third-order valence-electron chi connectivity index (χ3n) is 2.83. The van der Waals surface area contributed by atoms with Gasteiger partial charge in [-0.2, -0.15) is 0 Å². The molecule has 0 heterocycles. The molecule has 0 amide bonds.